The standard InChI is InChI=1S/C22H28BFN2O3/c1-20(2)21(3,4)29-23(28-20)22-7-8-26(13-15(22)11-22)19(27)9-14-12-25-18-10-16(24)5-6-17(14)18/h5-6,10,12,15,25H,7-9,11,13H2,1-4H3. The van der Waals surface area contributed by atoms with Crippen LogP contribution < -0.4 is 0 Å². The quantitative estimate of drug-likeness (QED) is 0.798. The first-order chi connectivity index (χ1) is 13.6. The predicted octanol–water partition coefficient (Wildman–Crippen LogP) is 3.93. The Kier molecular flexibility index (Phi) is 4.01. The number of halogens is 1. The minimum atomic E-state index is -0.318. The number of likely N-dealkylation sites (tertiary alicyclic amines) is 1. The van der Waals surface area contributed by atoms with Gasteiger partial charge in [-0.05, 0) is 70.2 Å². The van der Waals surface area contributed by atoms with Crippen molar-refractivity contribution in [3.63, 3.8) is 0 Å². The Morgan fingerprint density at radius 2 is 2.00 bits per heavy atom. The molecule has 1 saturated carbocycles. The molecular formula is C22H28BFN2O3. The minimum Gasteiger partial charge on any atom is -0.403 e. The number of carbonyl (C=O) groups is 1. The van der Waals surface area contributed by atoms with Crippen molar-refractivity contribution < 1.29 is 18.5 Å². The van der Waals surface area contributed by atoms with Gasteiger partial charge in [0.25, 0.3) is 0 Å². The Bertz CT molecular complexity index is 972. The topological polar surface area (TPSA) is 54.6 Å². The Labute approximate surface area is 171 Å². The Morgan fingerprint density at radius 1 is 1.28 bits per heavy atom. The number of nitrogens with one attached hydrogen (secondary N) is 1. The molecule has 29 heavy (non-hydrogen) atoms. The number of hydrogen-bond donors (Lipinski definition) is 1. The van der Waals surface area contributed by atoms with Gasteiger partial charge in [-0.2, -0.15) is 0 Å². The zero-order chi connectivity index (χ0) is 20.6. The number of aromatic nitrogens is 1. The summed E-state index contributed by atoms with van der Waals surface area (Å²) in [5.74, 6) is 0.289. The molecule has 1 N–H and O–H groups in total. The van der Waals surface area contributed by atoms with E-state index < -0.39 is 0 Å². The van der Waals surface area contributed by atoms with E-state index in [-0.39, 0.29) is 35.4 Å². The van der Waals surface area contributed by atoms with E-state index in [0.717, 1.165) is 42.4 Å². The lowest BCUT2D eigenvalue weighted by molar-refractivity contribution is -0.131. The number of aromatic amines is 1. The lowest BCUT2D eigenvalue weighted by atomic mass is 9.63. The third-order valence-corrected chi connectivity index (χ3v) is 7.71. The van der Waals surface area contributed by atoms with Gasteiger partial charge in [-0.1, -0.05) is 0 Å². The van der Waals surface area contributed by atoms with Gasteiger partial charge < -0.3 is 19.2 Å². The Morgan fingerprint density at radius 3 is 2.69 bits per heavy atom. The van der Waals surface area contributed by atoms with Gasteiger partial charge in [-0.3, -0.25) is 4.79 Å². The fourth-order valence-corrected chi connectivity index (χ4v) is 4.94. The normalized spacial score (nSPS) is 29.9. The zero-order valence-electron chi connectivity index (χ0n) is 17.5. The third-order valence-electron chi connectivity index (χ3n) is 7.71. The second-order valence-corrected chi connectivity index (χ2v) is 9.99. The molecule has 2 unspecified atom stereocenters. The van der Waals surface area contributed by atoms with Crippen LogP contribution in [0.1, 0.15) is 46.1 Å². The molecule has 2 atom stereocenters. The third kappa shape index (κ3) is 2.93. The summed E-state index contributed by atoms with van der Waals surface area (Å²) >= 11 is 0. The van der Waals surface area contributed by atoms with E-state index in [9.17, 15) is 9.18 Å². The van der Waals surface area contributed by atoms with Crippen LogP contribution in [0.2, 0.25) is 5.31 Å². The molecule has 5 rings (SSSR count). The van der Waals surface area contributed by atoms with E-state index in [4.69, 9.17) is 9.31 Å². The molecule has 0 spiro atoms. The highest BCUT2D eigenvalue weighted by Crippen LogP contribution is 2.69. The average Bonchev–Trinajstić information content (AvgIpc) is 3.20. The highest BCUT2D eigenvalue weighted by atomic mass is 19.1. The summed E-state index contributed by atoms with van der Waals surface area (Å²) < 4.78 is 26.0. The van der Waals surface area contributed by atoms with Crippen LogP contribution in [0.5, 0.6) is 0 Å². The molecular weight excluding hydrogens is 370 g/mol. The van der Waals surface area contributed by atoms with Crippen LogP contribution in [0.3, 0.4) is 0 Å². The molecule has 154 valence electrons. The van der Waals surface area contributed by atoms with Gasteiger partial charge in [0.15, 0.2) is 0 Å². The fraction of sp³-hybridized carbons (Fsp3) is 0.591. The van der Waals surface area contributed by atoms with Crippen molar-refractivity contribution in [2.75, 3.05) is 13.1 Å². The molecule has 7 heteroatoms. The van der Waals surface area contributed by atoms with Gasteiger partial charge in [0.2, 0.25) is 5.91 Å². The van der Waals surface area contributed by atoms with Crippen molar-refractivity contribution >= 4 is 23.9 Å². The number of benzene rings is 1. The number of amides is 1. The van der Waals surface area contributed by atoms with E-state index in [1.54, 1.807) is 6.07 Å². The molecule has 1 aromatic carbocycles. The van der Waals surface area contributed by atoms with E-state index in [2.05, 4.69) is 32.7 Å². The number of nitrogens with zero attached hydrogens (tertiary/aromatic N) is 1. The molecule has 0 bridgehead atoms. The molecule has 5 nitrogen and oxygen atoms in total. The summed E-state index contributed by atoms with van der Waals surface area (Å²) in [7, 11) is -0.182. The van der Waals surface area contributed by atoms with Crippen LogP contribution in [0, 0.1) is 11.7 Å². The average molecular weight is 398 g/mol. The van der Waals surface area contributed by atoms with Gasteiger partial charge in [-0.15, -0.1) is 0 Å². The second kappa shape index (κ2) is 6.08. The van der Waals surface area contributed by atoms with E-state index >= 15 is 0 Å². The lowest BCUT2D eigenvalue weighted by Gasteiger charge is -2.32. The van der Waals surface area contributed by atoms with Gasteiger partial charge in [0, 0.05) is 35.5 Å². The largest absolute Gasteiger partial charge is 0.464 e. The highest BCUT2D eigenvalue weighted by Gasteiger charge is 2.70. The summed E-state index contributed by atoms with van der Waals surface area (Å²) in [4.78, 5) is 18.0. The van der Waals surface area contributed by atoms with Crippen LogP contribution in [0.25, 0.3) is 10.9 Å². The van der Waals surface area contributed by atoms with Crippen molar-refractivity contribution in [2.24, 2.45) is 5.92 Å². The first kappa shape index (κ1) is 19.1. The summed E-state index contributed by atoms with van der Waals surface area (Å²) in [6.07, 6.45) is 4.12. The second-order valence-electron chi connectivity index (χ2n) is 9.99. The van der Waals surface area contributed by atoms with Crippen molar-refractivity contribution in [1.29, 1.82) is 0 Å². The Hall–Kier alpha value is -1.86. The smallest absolute Gasteiger partial charge is 0.403 e. The minimum absolute atomic E-state index is 0.0557. The zero-order valence-corrected chi connectivity index (χ0v) is 17.5. The first-order valence-corrected chi connectivity index (χ1v) is 10.5. The maximum atomic E-state index is 13.4. The summed E-state index contributed by atoms with van der Waals surface area (Å²) in [6.45, 7) is 9.86. The van der Waals surface area contributed by atoms with E-state index in [0.29, 0.717) is 12.3 Å². The van der Waals surface area contributed by atoms with E-state index in [1.807, 2.05) is 11.1 Å². The summed E-state index contributed by atoms with van der Waals surface area (Å²) in [5, 5.41) is 0.967. The van der Waals surface area contributed by atoms with Gasteiger partial charge >= 0.3 is 7.12 Å². The highest BCUT2D eigenvalue weighted by molar-refractivity contribution is 6.51. The molecule has 1 amide bonds. The number of hydrogen-bond acceptors (Lipinski definition) is 3. The molecule has 2 aromatic rings. The number of rotatable bonds is 3. The number of piperidine rings is 1. The molecule has 1 aliphatic carbocycles. The molecule has 2 saturated heterocycles. The van der Waals surface area contributed by atoms with Crippen LogP contribution in [-0.2, 0) is 20.5 Å². The van der Waals surface area contributed by atoms with Crippen LogP contribution in [-0.4, -0.2) is 47.2 Å². The molecule has 2 aliphatic heterocycles. The SMILES string of the molecule is CC1(C)OB(C23CCN(C(=O)Cc4c[nH]c5cc(F)ccc45)CC2C3)OC1(C)C. The maximum Gasteiger partial charge on any atom is 0.464 e. The number of carbonyl (C=O) groups excluding carboxylic acids is 1. The Balaban J connectivity index is 1.25. The van der Waals surface area contributed by atoms with Crippen molar-refractivity contribution in [3.8, 4) is 0 Å². The van der Waals surface area contributed by atoms with Gasteiger partial charge in [-0.25, -0.2) is 4.39 Å². The summed E-state index contributed by atoms with van der Waals surface area (Å²) in [5.41, 5.74) is 1.01. The fourth-order valence-electron chi connectivity index (χ4n) is 4.94. The van der Waals surface area contributed by atoms with Crippen molar-refractivity contribution in [2.45, 2.75) is 63.5 Å². The maximum absolute atomic E-state index is 13.4. The monoisotopic (exact) mass is 398 g/mol. The lowest BCUT2D eigenvalue weighted by Crippen LogP contribution is -2.42. The summed E-state index contributed by atoms with van der Waals surface area (Å²) in [6, 6.07) is 4.64. The number of H-pyrrole nitrogens is 1. The van der Waals surface area contributed by atoms with Crippen molar-refractivity contribution in [3.05, 3.63) is 35.8 Å². The molecule has 3 fully saturated rings. The van der Waals surface area contributed by atoms with Gasteiger partial charge in [0.05, 0.1) is 17.6 Å². The van der Waals surface area contributed by atoms with Gasteiger partial charge in [0.1, 0.15) is 5.82 Å². The first-order valence-electron chi connectivity index (χ1n) is 10.5. The molecule has 3 heterocycles. The van der Waals surface area contributed by atoms with Crippen LogP contribution in [0.4, 0.5) is 4.39 Å². The van der Waals surface area contributed by atoms with Crippen molar-refractivity contribution in [1.82, 2.24) is 9.88 Å². The van der Waals surface area contributed by atoms with Crippen LogP contribution in [0.15, 0.2) is 24.4 Å². The predicted molar refractivity (Wildman–Crippen MR) is 110 cm³/mol. The van der Waals surface area contributed by atoms with E-state index in [1.165, 1.54) is 12.1 Å². The van der Waals surface area contributed by atoms with Crippen LogP contribution >= 0.6 is 0 Å². The number of fused-ring (bicyclic) bond motifs is 2. The molecule has 3 aliphatic rings. The molecule has 0 radical (unpaired) electrons. The molecule has 1 aromatic heterocycles.